The van der Waals surface area contributed by atoms with Gasteiger partial charge in [-0.2, -0.15) is 0 Å². The summed E-state index contributed by atoms with van der Waals surface area (Å²) in [6.07, 6.45) is 7.69. The maximum atomic E-state index is 12.1. The summed E-state index contributed by atoms with van der Waals surface area (Å²) in [4.78, 5) is 17.6. The first kappa shape index (κ1) is 24.0. The molecule has 2 aromatic rings. The Balaban J connectivity index is 1.96. The van der Waals surface area contributed by atoms with Crippen LogP contribution in [0.25, 0.3) is 5.57 Å². The Kier molecular flexibility index (Phi) is 10.7. The van der Waals surface area contributed by atoms with E-state index >= 15 is 0 Å². The highest BCUT2D eigenvalue weighted by Crippen LogP contribution is 2.22. The van der Waals surface area contributed by atoms with E-state index in [2.05, 4.69) is 12.1 Å². The number of oxime groups is 1. The summed E-state index contributed by atoms with van der Waals surface area (Å²) in [7, 11) is 2.81. The van der Waals surface area contributed by atoms with Gasteiger partial charge in [0.05, 0.1) is 33.3 Å². The number of ether oxygens (including phenoxy) is 3. The fraction of sp³-hybridized carbons (Fsp3) is 0.360. The molecule has 0 N–H and O–H groups in total. The average Bonchev–Trinajstić information content (AvgIpc) is 2.80. The molecule has 31 heavy (non-hydrogen) atoms. The van der Waals surface area contributed by atoms with Gasteiger partial charge in [-0.3, -0.25) is 0 Å². The molecule has 0 saturated heterocycles. The molecule has 0 fully saturated rings. The molecule has 166 valence electrons. The minimum Gasteiger partial charge on any atom is -0.503 e. The summed E-state index contributed by atoms with van der Waals surface area (Å²) in [5, 5.41) is 4.06. The highest BCUT2D eigenvalue weighted by atomic mass is 16.6. The summed E-state index contributed by atoms with van der Waals surface area (Å²) < 4.78 is 15.7. The second kappa shape index (κ2) is 13.9. The Morgan fingerprint density at radius 1 is 1.03 bits per heavy atom. The smallest absolute Gasteiger partial charge is 0.341 e. The van der Waals surface area contributed by atoms with Gasteiger partial charge in [0.1, 0.15) is 17.9 Å². The van der Waals surface area contributed by atoms with Crippen molar-refractivity contribution in [3.63, 3.8) is 0 Å². The van der Waals surface area contributed by atoms with E-state index in [1.807, 2.05) is 48.5 Å². The van der Waals surface area contributed by atoms with E-state index in [1.54, 1.807) is 6.21 Å². The maximum absolute atomic E-state index is 12.1. The quantitative estimate of drug-likeness (QED) is 0.108. The van der Waals surface area contributed by atoms with E-state index in [0.29, 0.717) is 17.7 Å². The van der Waals surface area contributed by atoms with Crippen molar-refractivity contribution in [2.24, 2.45) is 5.16 Å². The highest BCUT2D eigenvalue weighted by molar-refractivity contribution is 6.16. The number of esters is 1. The number of benzene rings is 2. The van der Waals surface area contributed by atoms with Crippen LogP contribution in [-0.4, -0.2) is 33.0 Å². The van der Waals surface area contributed by atoms with Crippen molar-refractivity contribution in [3.8, 4) is 5.75 Å². The summed E-state index contributed by atoms with van der Waals surface area (Å²) in [5.74, 6) is 0.336. The third kappa shape index (κ3) is 8.16. The molecule has 6 heteroatoms. The molecule has 6 nitrogen and oxygen atoms in total. The molecule has 0 unspecified atom stereocenters. The van der Waals surface area contributed by atoms with Crippen LogP contribution < -0.4 is 4.74 Å². The zero-order valence-electron chi connectivity index (χ0n) is 18.5. The molecule has 0 amide bonds. The predicted octanol–water partition coefficient (Wildman–Crippen LogP) is 5.36. The monoisotopic (exact) mass is 425 g/mol. The van der Waals surface area contributed by atoms with Crippen LogP contribution in [0.2, 0.25) is 0 Å². The number of rotatable bonds is 13. The van der Waals surface area contributed by atoms with Gasteiger partial charge in [-0.15, -0.1) is 0 Å². The van der Waals surface area contributed by atoms with Crippen molar-refractivity contribution in [3.05, 3.63) is 71.5 Å². The normalized spacial score (nSPS) is 11.4. The topological polar surface area (TPSA) is 66.3 Å². The van der Waals surface area contributed by atoms with Gasteiger partial charge < -0.3 is 19.0 Å². The molecule has 0 spiro atoms. The standard InChI is InChI=1S/C25H31NO5/c1-4-5-6-9-15-30-22-13-10-11-20(16-22)17-26-31-18-21-12-7-8-14-23(21)24(19-28-2)25(27)29-3/h7-8,10-14,16-17,19H,4-6,9,15,18H2,1-3H3/b24-19+,26-17-. The number of carbonyl (C=O) groups is 1. The number of carbonyl (C=O) groups excluding carboxylic acids is 1. The number of nitrogens with zero attached hydrogens (tertiary/aromatic N) is 1. The molecular formula is C25H31NO5. The van der Waals surface area contributed by atoms with E-state index in [1.165, 1.54) is 39.7 Å². The van der Waals surface area contributed by atoms with Crippen molar-refractivity contribution in [2.75, 3.05) is 20.8 Å². The van der Waals surface area contributed by atoms with E-state index in [-0.39, 0.29) is 6.61 Å². The van der Waals surface area contributed by atoms with Gasteiger partial charge in [0.25, 0.3) is 0 Å². The Morgan fingerprint density at radius 2 is 1.87 bits per heavy atom. The maximum Gasteiger partial charge on any atom is 0.341 e. The van der Waals surface area contributed by atoms with Gasteiger partial charge in [0.2, 0.25) is 0 Å². The molecule has 0 aromatic heterocycles. The van der Waals surface area contributed by atoms with Crippen LogP contribution in [0.1, 0.15) is 49.3 Å². The number of hydrogen-bond donors (Lipinski definition) is 0. The molecule has 0 heterocycles. The Hall–Kier alpha value is -3.28. The van der Waals surface area contributed by atoms with Gasteiger partial charge >= 0.3 is 5.97 Å². The zero-order valence-corrected chi connectivity index (χ0v) is 18.5. The van der Waals surface area contributed by atoms with Crippen LogP contribution in [0.5, 0.6) is 5.75 Å². The van der Waals surface area contributed by atoms with Crippen LogP contribution >= 0.6 is 0 Å². The van der Waals surface area contributed by atoms with Gasteiger partial charge in [-0.05, 0) is 29.7 Å². The van der Waals surface area contributed by atoms with Crippen molar-refractivity contribution >= 4 is 17.8 Å². The van der Waals surface area contributed by atoms with Gasteiger partial charge in [0.15, 0.2) is 0 Å². The first-order valence-electron chi connectivity index (χ1n) is 10.5. The second-order valence-electron chi connectivity index (χ2n) is 6.91. The predicted molar refractivity (Wildman–Crippen MR) is 122 cm³/mol. The Labute approximate surface area is 184 Å². The minimum atomic E-state index is -0.482. The summed E-state index contributed by atoms with van der Waals surface area (Å²) >= 11 is 0. The second-order valence-corrected chi connectivity index (χ2v) is 6.91. The summed E-state index contributed by atoms with van der Waals surface area (Å²) in [6, 6.07) is 15.1. The number of unbranched alkanes of at least 4 members (excludes halogenated alkanes) is 3. The third-order valence-corrected chi connectivity index (χ3v) is 4.57. The molecule has 0 aliphatic heterocycles. The van der Waals surface area contributed by atoms with Crippen molar-refractivity contribution in [2.45, 2.75) is 39.2 Å². The van der Waals surface area contributed by atoms with Crippen LogP contribution in [0.15, 0.2) is 59.9 Å². The summed E-state index contributed by atoms with van der Waals surface area (Å²) in [5.41, 5.74) is 2.66. The van der Waals surface area contributed by atoms with Gasteiger partial charge in [0, 0.05) is 5.56 Å². The third-order valence-electron chi connectivity index (χ3n) is 4.57. The Morgan fingerprint density at radius 3 is 2.65 bits per heavy atom. The first-order chi connectivity index (χ1) is 15.2. The molecule has 2 rings (SSSR count). The van der Waals surface area contributed by atoms with Crippen LogP contribution in [-0.2, 0) is 25.7 Å². The lowest BCUT2D eigenvalue weighted by atomic mass is 10.0. The molecule has 0 aliphatic carbocycles. The highest BCUT2D eigenvalue weighted by Gasteiger charge is 2.16. The fourth-order valence-corrected chi connectivity index (χ4v) is 2.97. The van der Waals surface area contributed by atoms with E-state index in [4.69, 9.17) is 19.0 Å². The molecule has 0 atom stereocenters. The van der Waals surface area contributed by atoms with E-state index in [0.717, 1.165) is 23.3 Å². The molecular weight excluding hydrogens is 394 g/mol. The lowest BCUT2D eigenvalue weighted by molar-refractivity contribution is -0.133. The van der Waals surface area contributed by atoms with Crippen LogP contribution in [0.4, 0.5) is 0 Å². The van der Waals surface area contributed by atoms with Crippen molar-refractivity contribution in [1.29, 1.82) is 0 Å². The SMILES string of the molecule is CCCCCCOc1cccc(/C=N\OCc2ccccc2/C(=C\OC)C(=O)OC)c1. The molecule has 0 saturated carbocycles. The van der Waals surface area contributed by atoms with Crippen LogP contribution in [0, 0.1) is 0 Å². The molecule has 0 radical (unpaired) electrons. The van der Waals surface area contributed by atoms with Gasteiger partial charge in [-0.1, -0.05) is 67.7 Å². The minimum absolute atomic E-state index is 0.193. The van der Waals surface area contributed by atoms with Crippen molar-refractivity contribution in [1.82, 2.24) is 0 Å². The van der Waals surface area contributed by atoms with Gasteiger partial charge in [-0.25, -0.2) is 4.79 Å². The van der Waals surface area contributed by atoms with Crippen LogP contribution in [0.3, 0.4) is 0 Å². The van der Waals surface area contributed by atoms with Crippen molar-refractivity contribution < 1.29 is 23.8 Å². The summed E-state index contributed by atoms with van der Waals surface area (Å²) in [6.45, 7) is 3.10. The average molecular weight is 426 g/mol. The number of hydrogen-bond acceptors (Lipinski definition) is 6. The molecule has 2 aromatic carbocycles. The van der Waals surface area contributed by atoms with E-state index in [9.17, 15) is 4.79 Å². The Bertz CT molecular complexity index is 876. The largest absolute Gasteiger partial charge is 0.503 e. The first-order valence-corrected chi connectivity index (χ1v) is 10.5. The molecule has 0 bridgehead atoms. The lowest BCUT2D eigenvalue weighted by Crippen LogP contribution is -2.07. The zero-order chi connectivity index (χ0) is 22.3. The lowest BCUT2D eigenvalue weighted by Gasteiger charge is -2.10. The fourth-order valence-electron chi connectivity index (χ4n) is 2.97. The molecule has 0 aliphatic rings. The van der Waals surface area contributed by atoms with E-state index < -0.39 is 5.97 Å². The number of methoxy groups -OCH3 is 2.